The number of carbonyl (C=O) groups excluding carboxylic acids is 1. The molecular formula is C18H31IN6O. The second kappa shape index (κ2) is 10.7. The number of hydrogen-bond acceptors (Lipinski definition) is 3. The molecule has 26 heavy (non-hydrogen) atoms. The normalized spacial score (nSPS) is 20.9. The lowest BCUT2D eigenvalue weighted by atomic mass is 10.1. The first-order valence-corrected chi connectivity index (χ1v) is 9.57. The van der Waals surface area contributed by atoms with Gasteiger partial charge in [-0.2, -0.15) is 5.10 Å². The Balaban J connectivity index is 0.00000243. The van der Waals surface area contributed by atoms with Gasteiger partial charge in [0.25, 0.3) is 0 Å². The summed E-state index contributed by atoms with van der Waals surface area (Å²) in [5.41, 5.74) is 0. The van der Waals surface area contributed by atoms with Crippen LogP contribution < -0.4 is 10.6 Å². The van der Waals surface area contributed by atoms with Crippen LogP contribution in [0.25, 0.3) is 0 Å². The van der Waals surface area contributed by atoms with Crippen molar-refractivity contribution in [1.82, 2.24) is 25.3 Å². The molecule has 2 heterocycles. The van der Waals surface area contributed by atoms with Gasteiger partial charge in [0.2, 0.25) is 5.91 Å². The molecule has 1 atom stereocenters. The second-order valence-corrected chi connectivity index (χ2v) is 6.93. The molecule has 0 radical (unpaired) electrons. The number of guanidine groups is 1. The molecule has 1 aliphatic carbocycles. The van der Waals surface area contributed by atoms with Gasteiger partial charge in [-0.05, 0) is 32.3 Å². The molecule has 1 aromatic heterocycles. The van der Waals surface area contributed by atoms with Crippen molar-refractivity contribution < 1.29 is 4.79 Å². The Morgan fingerprint density at radius 1 is 1.31 bits per heavy atom. The van der Waals surface area contributed by atoms with E-state index in [1.165, 1.54) is 12.8 Å². The number of aromatic nitrogens is 2. The van der Waals surface area contributed by atoms with Gasteiger partial charge >= 0.3 is 0 Å². The van der Waals surface area contributed by atoms with Gasteiger partial charge in [-0.15, -0.1) is 24.0 Å². The van der Waals surface area contributed by atoms with Crippen molar-refractivity contribution >= 4 is 35.8 Å². The van der Waals surface area contributed by atoms with Gasteiger partial charge in [0.15, 0.2) is 5.96 Å². The molecule has 1 saturated heterocycles. The van der Waals surface area contributed by atoms with Crippen LogP contribution in [0.1, 0.15) is 39.0 Å². The van der Waals surface area contributed by atoms with Crippen LogP contribution in [-0.4, -0.2) is 58.8 Å². The lowest BCUT2D eigenvalue weighted by Gasteiger charge is -2.21. The summed E-state index contributed by atoms with van der Waals surface area (Å²) in [5, 5.41) is 11.0. The SMILES string of the molecule is CCNC(=NCCn1cccn1)NC1CCN(C(=O)C2CCCC2)C1.I. The molecule has 1 saturated carbocycles. The molecule has 7 nitrogen and oxygen atoms in total. The minimum absolute atomic E-state index is 0. The first-order chi connectivity index (χ1) is 12.3. The molecule has 1 aromatic rings. The summed E-state index contributed by atoms with van der Waals surface area (Å²) in [4.78, 5) is 19.2. The van der Waals surface area contributed by atoms with E-state index in [4.69, 9.17) is 0 Å². The fourth-order valence-corrected chi connectivity index (χ4v) is 3.72. The third-order valence-electron chi connectivity index (χ3n) is 5.05. The third kappa shape index (κ3) is 5.85. The molecule has 8 heteroatoms. The number of halogens is 1. The average Bonchev–Trinajstić information content (AvgIpc) is 3.37. The van der Waals surface area contributed by atoms with Crippen molar-refractivity contribution in [2.45, 2.75) is 51.6 Å². The van der Waals surface area contributed by atoms with E-state index in [0.29, 0.717) is 12.5 Å². The molecule has 2 N–H and O–H groups in total. The topological polar surface area (TPSA) is 74.6 Å². The molecule has 3 rings (SSSR count). The molecule has 0 bridgehead atoms. The Morgan fingerprint density at radius 2 is 2.12 bits per heavy atom. The predicted molar refractivity (Wildman–Crippen MR) is 114 cm³/mol. The number of hydrogen-bond donors (Lipinski definition) is 2. The monoisotopic (exact) mass is 474 g/mol. The maximum Gasteiger partial charge on any atom is 0.225 e. The van der Waals surface area contributed by atoms with E-state index in [0.717, 1.165) is 51.4 Å². The van der Waals surface area contributed by atoms with Crippen LogP contribution in [0.15, 0.2) is 23.5 Å². The van der Waals surface area contributed by atoms with Gasteiger partial charge < -0.3 is 15.5 Å². The predicted octanol–water partition coefficient (Wildman–Crippen LogP) is 1.85. The molecule has 0 spiro atoms. The maximum absolute atomic E-state index is 12.6. The number of carbonyl (C=O) groups is 1. The van der Waals surface area contributed by atoms with Gasteiger partial charge in [-0.3, -0.25) is 14.5 Å². The highest BCUT2D eigenvalue weighted by atomic mass is 127. The fourth-order valence-electron chi connectivity index (χ4n) is 3.72. The molecule has 1 unspecified atom stereocenters. The number of rotatable bonds is 6. The second-order valence-electron chi connectivity index (χ2n) is 6.93. The highest BCUT2D eigenvalue weighted by Gasteiger charge is 2.32. The van der Waals surface area contributed by atoms with Crippen molar-refractivity contribution in [2.24, 2.45) is 10.9 Å². The summed E-state index contributed by atoms with van der Waals surface area (Å²) in [6, 6.07) is 2.20. The van der Waals surface area contributed by atoms with Crippen LogP contribution in [0, 0.1) is 5.92 Å². The zero-order valence-corrected chi connectivity index (χ0v) is 17.9. The summed E-state index contributed by atoms with van der Waals surface area (Å²) in [6.45, 7) is 5.98. The van der Waals surface area contributed by atoms with E-state index in [1.54, 1.807) is 6.20 Å². The van der Waals surface area contributed by atoms with Crippen molar-refractivity contribution in [3.8, 4) is 0 Å². The van der Waals surface area contributed by atoms with Crippen molar-refractivity contribution in [2.75, 3.05) is 26.2 Å². The largest absolute Gasteiger partial charge is 0.357 e. The summed E-state index contributed by atoms with van der Waals surface area (Å²) in [6.07, 6.45) is 9.28. The fraction of sp³-hybridized carbons (Fsp3) is 0.722. The molecule has 146 valence electrons. The average molecular weight is 474 g/mol. The number of nitrogens with one attached hydrogen (secondary N) is 2. The molecule has 2 fully saturated rings. The minimum Gasteiger partial charge on any atom is -0.357 e. The van der Waals surface area contributed by atoms with E-state index in [1.807, 2.05) is 21.8 Å². The Morgan fingerprint density at radius 3 is 2.81 bits per heavy atom. The van der Waals surface area contributed by atoms with Crippen LogP contribution in [0.3, 0.4) is 0 Å². The van der Waals surface area contributed by atoms with Crippen LogP contribution in [-0.2, 0) is 11.3 Å². The number of likely N-dealkylation sites (tertiary alicyclic amines) is 1. The molecule has 2 aliphatic rings. The van der Waals surface area contributed by atoms with Crippen LogP contribution in [0.4, 0.5) is 0 Å². The van der Waals surface area contributed by atoms with Crippen molar-refractivity contribution in [3.63, 3.8) is 0 Å². The zero-order valence-electron chi connectivity index (χ0n) is 15.6. The standard InChI is InChI=1S/C18H30N6O.HI/c1-2-19-18(20-10-13-24-11-5-9-21-24)22-16-8-12-23(14-16)17(25)15-6-3-4-7-15;/h5,9,11,15-16H,2-4,6-8,10,12-14H2,1H3,(H2,19,20,22);1H. The highest BCUT2D eigenvalue weighted by molar-refractivity contribution is 14.0. The molecule has 0 aromatic carbocycles. The summed E-state index contributed by atoms with van der Waals surface area (Å²) in [7, 11) is 0. The maximum atomic E-state index is 12.6. The quantitative estimate of drug-likeness (QED) is 0.375. The van der Waals surface area contributed by atoms with Crippen LogP contribution >= 0.6 is 24.0 Å². The van der Waals surface area contributed by atoms with E-state index in [2.05, 4.69) is 27.6 Å². The van der Waals surface area contributed by atoms with Gasteiger partial charge in [-0.1, -0.05) is 12.8 Å². The summed E-state index contributed by atoms with van der Waals surface area (Å²) < 4.78 is 1.88. The first-order valence-electron chi connectivity index (χ1n) is 9.57. The molecule has 1 amide bonds. The highest BCUT2D eigenvalue weighted by Crippen LogP contribution is 2.27. The Kier molecular flexibility index (Phi) is 8.67. The van der Waals surface area contributed by atoms with Gasteiger partial charge in [0.1, 0.15) is 0 Å². The van der Waals surface area contributed by atoms with Crippen LogP contribution in [0.2, 0.25) is 0 Å². The van der Waals surface area contributed by atoms with E-state index in [9.17, 15) is 4.79 Å². The minimum atomic E-state index is 0. The van der Waals surface area contributed by atoms with Gasteiger partial charge in [-0.25, -0.2) is 0 Å². The number of amides is 1. The van der Waals surface area contributed by atoms with E-state index >= 15 is 0 Å². The lowest BCUT2D eigenvalue weighted by molar-refractivity contribution is -0.134. The Bertz CT molecular complexity index is 570. The van der Waals surface area contributed by atoms with Crippen molar-refractivity contribution in [1.29, 1.82) is 0 Å². The Labute approximate surface area is 173 Å². The number of aliphatic imine (C=N–C) groups is 1. The van der Waals surface area contributed by atoms with Crippen molar-refractivity contribution in [3.05, 3.63) is 18.5 Å². The van der Waals surface area contributed by atoms with E-state index < -0.39 is 0 Å². The smallest absolute Gasteiger partial charge is 0.225 e. The molecular weight excluding hydrogens is 443 g/mol. The Hall–Kier alpha value is -1.32. The number of nitrogens with zero attached hydrogens (tertiary/aromatic N) is 4. The van der Waals surface area contributed by atoms with Crippen LogP contribution in [0.5, 0.6) is 0 Å². The summed E-state index contributed by atoms with van der Waals surface area (Å²) >= 11 is 0. The molecule has 1 aliphatic heterocycles. The zero-order chi connectivity index (χ0) is 17.5. The van der Waals surface area contributed by atoms with Gasteiger partial charge in [0, 0.05) is 44.0 Å². The first kappa shape index (κ1) is 21.0. The lowest BCUT2D eigenvalue weighted by Crippen LogP contribution is -2.45. The summed E-state index contributed by atoms with van der Waals surface area (Å²) in [5.74, 6) is 1.46. The van der Waals surface area contributed by atoms with Gasteiger partial charge in [0.05, 0.1) is 13.1 Å². The third-order valence-corrected chi connectivity index (χ3v) is 5.05. The van der Waals surface area contributed by atoms with E-state index in [-0.39, 0.29) is 35.9 Å².